The summed E-state index contributed by atoms with van der Waals surface area (Å²) in [4.78, 5) is 34.1. The number of amides is 1. The number of halogens is 1. The number of imidazole rings is 1. The van der Waals surface area contributed by atoms with Gasteiger partial charge in [0.25, 0.3) is 5.91 Å². The quantitative estimate of drug-likeness (QED) is 0.706. The number of nitrogens with zero attached hydrogens (tertiary/aromatic N) is 4. The highest BCUT2D eigenvalue weighted by Crippen LogP contribution is 2.34. The first-order valence-electron chi connectivity index (χ1n) is 7.82. The number of nitrogens with two attached hydrogens (primary N) is 1. The van der Waals surface area contributed by atoms with Crippen LogP contribution in [0.25, 0.3) is 5.65 Å². The van der Waals surface area contributed by atoms with Gasteiger partial charge < -0.3 is 20.1 Å². The fourth-order valence-electron chi connectivity index (χ4n) is 3.07. The second-order valence-electron chi connectivity index (χ2n) is 6.08. The van der Waals surface area contributed by atoms with Crippen LogP contribution in [0.3, 0.4) is 0 Å². The summed E-state index contributed by atoms with van der Waals surface area (Å²) < 4.78 is 1.72. The van der Waals surface area contributed by atoms with Crippen LogP contribution in [0.5, 0.6) is 0 Å². The molecule has 10 heteroatoms. The Morgan fingerprint density at radius 1 is 1.35 bits per heavy atom. The first-order valence-corrected chi connectivity index (χ1v) is 9.07. The van der Waals surface area contributed by atoms with Crippen LogP contribution in [-0.4, -0.2) is 48.8 Å². The number of thiazole rings is 1. The molecule has 0 unspecified atom stereocenters. The Morgan fingerprint density at radius 3 is 2.88 bits per heavy atom. The largest absolute Gasteiger partial charge is 0.476 e. The number of carboxylic acid groups (broad SMARTS) is 1. The number of carbonyl (C=O) groups excluding carboxylic acids is 1. The molecule has 0 aromatic carbocycles. The molecular weight excluding hydrogens is 378 g/mol. The first-order chi connectivity index (χ1) is 12.4. The van der Waals surface area contributed by atoms with Gasteiger partial charge in [0, 0.05) is 41.4 Å². The Labute approximate surface area is 156 Å². The van der Waals surface area contributed by atoms with Crippen LogP contribution in [0, 0.1) is 0 Å². The minimum absolute atomic E-state index is 0.0276. The molecule has 0 bridgehead atoms. The maximum Gasteiger partial charge on any atom is 0.355 e. The number of likely N-dealkylation sites (tertiary alicyclic amines) is 1. The van der Waals surface area contributed by atoms with E-state index >= 15 is 0 Å². The minimum atomic E-state index is -1.09. The molecule has 3 aromatic heterocycles. The van der Waals surface area contributed by atoms with E-state index in [1.165, 1.54) is 16.7 Å². The smallest absolute Gasteiger partial charge is 0.355 e. The Hall–Kier alpha value is -2.49. The van der Waals surface area contributed by atoms with Crippen molar-refractivity contribution in [1.29, 1.82) is 0 Å². The van der Waals surface area contributed by atoms with E-state index in [0.717, 1.165) is 0 Å². The average molecular weight is 392 g/mol. The van der Waals surface area contributed by atoms with Gasteiger partial charge in [-0.2, -0.15) is 0 Å². The number of aromatic nitrogens is 3. The van der Waals surface area contributed by atoms with E-state index in [9.17, 15) is 9.59 Å². The highest BCUT2D eigenvalue weighted by molar-refractivity contribution is 7.09. The zero-order valence-corrected chi connectivity index (χ0v) is 14.9. The molecule has 1 fully saturated rings. The third kappa shape index (κ3) is 2.94. The van der Waals surface area contributed by atoms with Crippen LogP contribution in [0.2, 0.25) is 5.02 Å². The molecule has 26 heavy (non-hydrogen) atoms. The molecule has 4 rings (SSSR count). The lowest BCUT2D eigenvalue weighted by Crippen LogP contribution is -2.33. The van der Waals surface area contributed by atoms with Gasteiger partial charge >= 0.3 is 5.97 Å². The van der Waals surface area contributed by atoms with Crippen LogP contribution in [0.1, 0.15) is 38.4 Å². The maximum absolute atomic E-state index is 13.0. The van der Waals surface area contributed by atoms with Crippen molar-refractivity contribution in [2.75, 3.05) is 6.54 Å². The minimum Gasteiger partial charge on any atom is -0.476 e. The molecule has 3 aromatic rings. The highest BCUT2D eigenvalue weighted by atomic mass is 35.5. The Balaban J connectivity index is 1.66. The topological polar surface area (TPSA) is 114 Å². The number of rotatable bonds is 3. The van der Waals surface area contributed by atoms with Gasteiger partial charge in [-0.25, -0.2) is 14.8 Å². The Kier molecular flexibility index (Phi) is 4.14. The number of hydrogen-bond donors (Lipinski definition) is 2. The number of carboxylic acids is 1. The summed E-state index contributed by atoms with van der Waals surface area (Å²) in [5, 5.41) is 11.6. The van der Waals surface area contributed by atoms with Crippen molar-refractivity contribution < 1.29 is 14.7 Å². The molecule has 0 saturated carbocycles. The third-order valence-electron chi connectivity index (χ3n) is 4.26. The first kappa shape index (κ1) is 17.0. The normalized spacial score (nSPS) is 20.0. The molecule has 1 amide bonds. The number of carbonyl (C=O) groups is 2. The fourth-order valence-corrected chi connectivity index (χ4v) is 4.14. The number of fused-ring (bicyclic) bond motifs is 1. The van der Waals surface area contributed by atoms with E-state index in [0.29, 0.717) is 28.6 Å². The van der Waals surface area contributed by atoms with Gasteiger partial charge in [0.05, 0.1) is 6.04 Å². The molecule has 0 aliphatic carbocycles. The monoisotopic (exact) mass is 391 g/mol. The summed E-state index contributed by atoms with van der Waals surface area (Å²) in [5.41, 5.74) is 6.88. The van der Waals surface area contributed by atoms with Gasteiger partial charge in [0.1, 0.15) is 16.3 Å². The van der Waals surface area contributed by atoms with E-state index in [2.05, 4.69) is 9.97 Å². The van der Waals surface area contributed by atoms with E-state index in [1.54, 1.807) is 33.8 Å². The fraction of sp³-hybridized carbons (Fsp3) is 0.250. The van der Waals surface area contributed by atoms with E-state index in [-0.39, 0.29) is 29.4 Å². The molecule has 8 nitrogen and oxygen atoms in total. The van der Waals surface area contributed by atoms with Gasteiger partial charge in [-0.1, -0.05) is 11.6 Å². The zero-order valence-electron chi connectivity index (χ0n) is 13.4. The van der Waals surface area contributed by atoms with Crippen molar-refractivity contribution in [2.45, 2.75) is 18.5 Å². The molecule has 0 spiro atoms. The predicted octanol–water partition coefficient (Wildman–Crippen LogP) is 2.06. The maximum atomic E-state index is 13.0. The Morgan fingerprint density at radius 2 is 2.15 bits per heavy atom. The second-order valence-corrected chi connectivity index (χ2v) is 7.41. The van der Waals surface area contributed by atoms with Crippen molar-refractivity contribution in [3.63, 3.8) is 0 Å². The average Bonchev–Trinajstić information content (AvgIpc) is 3.30. The zero-order chi connectivity index (χ0) is 18.4. The van der Waals surface area contributed by atoms with E-state index < -0.39 is 5.97 Å². The summed E-state index contributed by atoms with van der Waals surface area (Å²) in [6.07, 6.45) is 3.89. The SMILES string of the molecule is N[C@@H]1C[C@@H](c2nc(C(=O)O)cs2)N(C(=O)c2cn3ccc(Cl)cc3n2)C1. The van der Waals surface area contributed by atoms with Crippen LogP contribution in [0.15, 0.2) is 29.9 Å². The van der Waals surface area contributed by atoms with Crippen molar-refractivity contribution in [1.82, 2.24) is 19.3 Å². The van der Waals surface area contributed by atoms with Gasteiger partial charge in [0.15, 0.2) is 5.69 Å². The van der Waals surface area contributed by atoms with Crippen LogP contribution >= 0.6 is 22.9 Å². The Bertz CT molecular complexity index is 1020. The lowest BCUT2D eigenvalue weighted by molar-refractivity contribution is 0.0691. The molecule has 1 aliphatic rings. The molecule has 134 valence electrons. The number of pyridine rings is 1. The van der Waals surface area contributed by atoms with Gasteiger partial charge in [-0.15, -0.1) is 11.3 Å². The second kappa shape index (κ2) is 6.35. The van der Waals surface area contributed by atoms with Gasteiger partial charge in [0.2, 0.25) is 0 Å². The summed E-state index contributed by atoms with van der Waals surface area (Å²) >= 11 is 7.18. The molecule has 1 saturated heterocycles. The summed E-state index contributed by atoms with van der Waals surface area (Å²) in [6, 6.07) is 2.82. The summed E-state index contributed by atoms with van der Waals surface area (Å²) in [6.45, 7) is 0.361. The van der Waals surface area contributed by atoms with Crippen LogP contribution in [0.4, 0.5) is 0 Å². The highest BCUT2D eigenvalue weighted by Gasteiger charge is 2.37. The van der Waals surface area contributed by atoms with Crippen LogP contribution in [-0.2, 0) is 0 Å². The van der Waals surface area contributed by atoms with Crippen LogP contribution < -0.4 is 5.73 Å². The van der Waals surface area contributed by atoms with Gasteiger partial charge in [-0.05, 0) is 12.5 Å². The molecular formula is C16H14ClN5O3S. The standard InChI is InChI=1S/C16H14ClN5O3S/c17-8-1-2-21-6-10(19-13(21)3-8)15(23)22-5-9(18)4-12(22)14-20-11(7-26-14)16(24)25/h1-3,6-7,9,12H,4-5,18H2,(H,24,25)/t9-,12+/m1/s1. The lowest BCUT2D eigenvalue weighted by Gasteiger charge is -2.21. The number of aromatic carboxylic acids is 1. The van der Waals surface area contributed by atoms with E-state index in [4.69, 9.17) is 22.4 Å². The van der Waals surface area contributed by atoms with Crippen molar-refractivity contribution >= 4 is 40.5 Å². The lowest BCUT2D eigenvalue weighted by atomic mass is 10.2. The molecule has 4 heterocycles. The molecule has 2 atom stereocenters. The van der Waals surface area contributed by atoms with Crippen molar-refractivity contribution in [3.05, 3.63) is 51.3 Å². The summed E-state index contributed by atoms with van der Waals surface area (Å²) in [5.74, 6) is -1.36. The molecule has 3 N–H and O–H groups in total. The molecule has 0 radical (unpaired) electrons. The molecule has 1 aliphatic heterocycles. The number of hydrogen-bond acceptors (Lipinski definition) is 6. The van der Waals surface area contributed by atoms with Gasteiger partial charge in [-0.3, -0.25) is 4.79 Å². The van der Waals surface area contributed by atoms with E-state index in [1.807, 2.05) is 0 Å². The summed E-state index contributed by atoms with van der Waals surface area (Å²) in [7, 11) is 0. The van der Waals surface area contributed by atoms with Crippen molar-refractivity contribution in [3.8, 4) is 0 Å². The van der Waals surface area contributed by atoms with Crippen molar-refractivity contribution in [2.24, 2.45) is 5.73 Å². The third-order valence-corrected chi connectivity index (χ3v) is 5.44. The predicted molar refractivity (Wildman–Crippen MR) is 95.6 cm³/mol.